The van der Waals surface area contributed by atoms with E-state index in [1.165, 1.54) is 5.01 Å². The zero-order chi connectivity index (χ0) is 50.7. The summed E-state index contributed by atoms with van der Waals surface area (Å²) in [4.78, 5) is 82.0. The van der Waals surface area contributed by atoms with Gasteiger partial charge >= 0.3 is 5.97 Å². The monoisotopic (exact) mass is 967 g/mol. The van der Waals surface area contributed by atoms with Gasteiger partial charge in [0.2, 0.25) is 11.8 Å². The summed E-state index contributed by atoms with van der Waals surface area (Å²) in [6.45, 7) is 16.2. The second kappa shape index (κ2) is 19.2. The topological polar surface area (TPSA) is 159 Å². The molecule has 71 heavy (non-hydrogen) atoms. The van der Waals surface area contributed by atoms with E-state index in [0.717, 1.165) is 56.7 Å². The van der Waals surface area contributed by atoms with E-state index in [2.05, 4.69) is 84.3 Å². The molecule has 0 radical (unpaired) electrons. The largest absolute Gasteiger partial charge is 0.464 e. The van der Waals surface area contributed by atoms with Crippen molar-refractivity contribution in [2.75, 3.05) is 54.0 Å². The maximum atomic E-state index is 14.9. The Kier molecular flexibility index (Phi) is 13.5. The van der Waals surface area contributed by atoms with Gasteiger partial charge in [0.05, 0.1) is 28.9 Å². The number of aromatic nitrogens is 2. The summed E-state index contributed by atoms with van der Waals surface area (Å²) in [7, 11) is 5.54. The van der Waals surface area contributed by atoms with Crippen molar-refractivity contribution in [3.8, 4) is 34.2 Å². The number of rotatable bonds is 7. The van der Waals surface area contributed by atoms with Crippen molar-refractivity contribution >= 4 is 40.5 Å². The first-order valence-electron chi connectivity index (χ1n) is 25.4. The van der Waals surface area contributed by atoms with E-state index in [1.54, 1.807) is 23.1 Å². The molecule has 2 N–H and O–H groups in total. The van der Waals surface area contributed by atoms with Crippen LogP contribution in [-0.4, -0.2) is 137 Å². The highest BCUT2D eigenvalue weighted by atomic mass is 16.5. The highest BCUT2D eigenvalue weighted by Gasteiger charge is 2.55. The standard InChI is InChI=1S/C56H70N8O7/c1-11-62-42-20-19-37-31-39(42)44-45(49(70-10)46-38(48(44)62)17-13-25-57-46)54(4,5)33-71-52(68)40-18-14-26-64(59-40)51(67)41(30-35-15-12-16-36(37)29-35)58-50(66)47(34(2)3)63-28-24-56(53(63)69)23-27-61(32-56)43(65)21-22-55(6,7)60(8)9/h12-13,15-17,19-20,25,29,31,34,40-41,45,47,49,59H,11,14,18,23-24,26-28,30,32-33H2,1-10H3,(H,58,66)/t40-,41-,45?,47-,49-,56-/m0/s1. The normalized spacial score (nSPS) is 24.7. The predicted molar refractivity (Wildman–Crippen MR) is 271 cm³/mol. The van der Waals surface area contributed by atoms with Crippen molar-refractivity contribution < 1.29 is 33.4 Å². The molecule has 2 aromatic carbocycles. The van der Waals surface area contributed by atoms with Crippen LogP contribution in [0.4, 0.5) is 0 Å². The second-order valence-corrected chi connectivity index (χ2v) is 22.1. The lowest BCUT2D eigenvalue weighted by Crippen LogP contribution is -2.62. The molecule has 5 aliphatic rings. The molecule has 6 heterocycles. The molecule has 4 amide bonds. The van der Waals surface area contributed by atoms with E-state index in [0.29, 0.717) is 45.3 Å². The first kappa shape index (κ1) is 49.9. The smallest absolute Gasteiger partial charge is 0.324 e. The Bertz CT molecular complexity index is 2840. The van der Waals surface area contributed by atoms with Gasteiger partial charge in [-0.1, -0.05) is 63.9 Å². The number of esters is 1. The van der Waals surface area contributed by atoms with Crippen LogP contribution >= 0.6 is 0 Å². The van der Waals surface area contributed by atoms with Gasteiger partial charge in [0, 0.05) is 80.3 Å². The molecule has 6 atom stereocenters. The maximum absolute atomic E-state index is 14.9. The van der Waals surface area contributed by atoms with Crippen LogP contribution in [0.1, 0.15) is 103 Å². The number of carbonyl (C=O) groups is 5. The summed E-state index contributed by atoms with van der Waals surface area (Å²) in [5, 5.41) is 5.66. The quantitative estimate of drug-likeness (QED) is 0.164. The highest BCUT2D eigenvalue weighted by molar-refractivity contribution is 5.98. The first-order valence-corrected chi connectivity index (χ1v) is 25.4. The number of hydrogen-bond donors (Lipinski definition) is 2. The van der Waals surface area contributed by atoms with Gasteiger partial charge in [-0.25, -0.2) is 5.43 Å². The van der Waals surface area contributed by atoms with E-state index in [-0.39, 0.29) is 43.2 Å². The van der Waals surface area contributed by atoms with Gasteiger partial charge in [0.25, 0.3) is 11.8 Å². The van der Waals surface area contributed by atoms with E-state index in [9.17, 15) is 24.0 Å². The van der Waals surface area contributed by atoms with Crippen molar-refractivity contribution in [3.05, 3.63) is 77.6 Å². The zero-order valence-corrected chi connectivity index (χ0v) is 43.1. The van der Waals surface area contributed by atoms with Crippen LogP contribution in [-0.2, 0) is 46.4 Å². The second-order valence-electron chi connectivity index (χ2n) is 22.1. The average Bonchev–Trinajstić information content (AvgIpc) is 4.04. The number of cyclic esters (lactones) is 1. The molecule has 4 aliphatic heterocycles. The molecule has 3 fully saturated rings. The Morgan fingerprint density at radius 2 is 1.79 bits per heavy atom. The van der Waals surface area contributed by atoms with Crippen LogP contribution in [0.3, 0.4) is 0 Å². The number of likely N-dealkylation sites (tertiary alicyclic amines) is 2. The van der Waals surface area contributed by atoms with Gasteiger partial charge in [0.15, 0.2) is 0 Å². The van der Waals surface area contributed by atoms with Crippen molar-refractivity contribution in [2.45, 2.75) is 123 Å². The van der Waals surface area contributed by atoms with Crippen molar-refractivity contribution in [1.29, 1.82) is 0 Å². The van der Waals surface area contributed by atoms with Crippen LogP contribution in [0.15, 0.2) is 60.8 Å². The molecule has 1 aliphatic carbocycles. The number of nitrogens with one attached hydrogen (secondary N) is 2. The van der Waals surface area contributed by atoms with Gasteiger partial charge in [0.1, 0.15) is 24.2 Å². The zero-order valence-electron chi connectivity index (χ0n) is 43.1. The number of methoxy groups -OCH3 is 1. The predicted octanol–water partition coefficient (Wildman–Crippen LogP) is 6.10. The number of pyridine rings is 1. The molecule has 3 saturated heterocycles. The van der Waals surface area contributed by atoms with E-state index in [1.807, 2.05) is 64.9 Å². The lowest BCUT2D eigenvalue weighted by molar-refractivity contribution is -0.156. The van der Waals surface area contributed by atoms with E-state index >= 15 is 0 Å². The third-order valence-corrected chi connectivity index (χ3v) is 16.1. The molecule has 4 aromatic rings. The Labute approximate surface area is 417 Å². The molecular formula is C56H70N8O7. The third kappa shape index (κ3) is 9.01. The Morgan fingerprint density at radius 3 is 2.52 bits per heavy atom. The van der Waals surface area contributed by atoms with E-state index in [4.69, 9.17) is 14.5 Å². The minimum absolute atomic E-state index is 0.0773. The third-order valence-electron chi connectivity index (χ3n) is 16.1. The Morgan fingerprint density at radius 1 is 1.03 bits per heavy atom. The summed E-state index contributed by atoms with van der Waals surface area (Å²) in [6.07, 6.45) is 3.50. The first-order chi connectivity index (χ1) is 33.8. The number of ether oxygens (including phenoxy) is 2. The fourth-order valence-corrected chi connectivity index (χ4v) is 11.8. The number of amides is 4. The summed E-state index contributed by atoms with van der Waals surface area (Å²) in [6, 6.07) is 16.0. The molecule has 0 saturated carbocycles. The molecule has 6 bridgehead atoms. The van der Waals surface area contributed by atoms with Crippen LogP contribution in [0, 0.1) is 28.6 Å². The molecule has 2 aromatic heterocycles. The average molecular weight is 967 g/mol. The van der Waals surface area contributed by atoms with Crippen molar-refractivity contribution in [3.63, 3.8) is 0 Å². The molecule has 15 heteroatoms. The number of hydrogen-bond acceptors (Lipinski definition) is 10. The number of fused-ring (bicyclic) bond motifs is 8. The van der Waals surface area contributed by atoms with Crippen molar-refractivity contribution in [2.24, 2.45) is 16.7 Å². The van der Waals surface area contributed by atoms with Gasteiger partial charge in [-0.15, -0.1) is 0 Å². The van der Waals surface area contributed by atoms with Crippen LogP contribution in [0.2, 0.25) is 0 Å². The molecule has 15 nitrogen and oxygen atoms in total. The summed E-state index contributed by atoms with van der Waals surface area (Å²) >= 11 is 0. The molecular weight excluding hydrogens is 897 g/mol. The number of hydrazine groups is 1. The summed E-state index contributed by atoms with van der Waals surface area (Å²) < 4.78 is 15.0. The summed E-state index contributed by atoms with van der Waals surface area (Å²) in [5.41, 5.74) is 9.14. The van der Waals surface area contributed by atoms with E-state index < -0.39 is 58.4 Å². The number of carbonyl (C=O) groups excluding carboxylic acids is 5. The number of aryl methyl sites for hydroxylation is 1. The lowest BCUT2D eigenvalue weighted by Gasteiger charge is -2.42. The van der Waals surface area contributed by atoms with Crippen LogP contribution in [0.5, 0.6) is 0 Å². The Balaban J connectivity index is 1.06. The van der Waals surface area contributed by atoms with Gasteiger partial charge in [-0.05, 0) is 119 Å². The fraction of sp³-hybridized carbons (Fsp3) is 0.536. The Hall–Kier alpha value is -6.08. The molecule has 1 unspecified atom stereocenters. The van der Waals surface area contributed by atoms with Crippen LogP contribution < -0.4 is 10.7 Å². The summed E-state index contributed by atoms with van der Waals surface area (Å²) in [5.74, 6) is 3.56. The SMILES string of the molecule is CCn1c2c3c4cc(ccc41)-c1cccc(c1)C[C@H](NC(=O)[C@H](C(C)C)N1CC[C@]4(CCN(C(=O)C#CC(C)(C)N(C)C)C4)C1=O)C(=O)N1CCC[C@H](N1)C(=O)OCC(C)(C)C3[C@H](OC)c1ncccc1-2. The lowest BCUT2D eigenvalue weighted by atomic mass is 9.67. The highest BCUT2D eigenvalue weighted by Crippen LogP contribution is 2.57. The minimum Gasteiger partial charge on any atom is -0.464 e. The molecule has 1 spiro atoms. The molecule has 9 rings (SSSR count). The number of nitrogens with zero attached hydrogens (tertiary/aromatic N) is 6. The van der Waals surface area contributed by atoms with Gasteiger partial charge < -0.3 is 29.2 Å². The molecule has 376 valence electrons. The number of benzene rings is 2. The van der Waals surface area contributed by atoms with Crippen molar-refractivity contribution in [1.82, 2.24) is 40.0 Å². The minimum atomic E-state index is -1.05. The van der Waals surface area contributed by atoms with Gasteiger partial charge in [-0.2, -0.15) is 0 Å². The van der Waals surface area contributed by atoms with Gasteiger partial charge in [-0.3, -0.25) is 38.9 Å². The maximum Gasteiger partial charge on any atom is 0.324 e. The fourth-order valence-electron chi connectivity index (χ4n) is 11.8. The van der Waals surface area contributed by atoms with Crippen LogP contribution in [0.25, 0.3) is 33.3 Å².